The van der Waals surface area contributed by atoms with Gasteiger partial charge in [-0.15, -0.1) is 0 Å². The van der Waals surface area contributed by atoms with Crippen LogP contribution >= 0.6 is 11.6 Å². The third kappa shape index (κ3) is 3.60. The van der Waals surface area contributed by atoms with Crippen molar-refractivity contribution in [1.29, 1.82) is 0 Å². The molecular formula is C18H24ClN3O3. The van der Waals surface area contributed by atoms with E-state index in [4.69, 9.17) is 16.3 Å². The lowest BCUT2D eigenvalue weighted by Gasteiger charge is -2.49. The van der Waals surface area contributed by atoms with Gasteiger partial charge in [-0.2, -0.15) is 0 Å². The van der Waals surface area contributed by atoms with Gasteiger partial charge in [0, 0.05) is 43.7 Å². The van der Waals surface area contributed by atoms with E-state index in [9.17, 15) is 9.59 Å². The summed E-state index contributed by atoms with van der Waals surface area (Å²) in [5.74, 6) is 0.623. The van der Waals surface area contributed by atoms with Gasteiger partial charge in [-0.05, 0) is 38.1 Å². The van der Waals surface area contributed by atoms with Gasteiger partial charge >= 0.3 is 0 Å². The molecule has 0 bridgehead atoms. The van der Waals surface area contributed by atoms with Crippen molar-refractivity contribution in [2.24, 2.45) is 0 Å². The Bertz CT molecular complexity index is 682. The van der Waals surface area contributed by atoms with E-state index in [1.54, 1.807) is 25.3 Å². The molecule has 2 saturated heterocycles. The Morgan fingerprint density at radius 3 is 2.84 bits per heavy atom. The van der Waals surface area contributed by atoms with Crippen LogP contribution in [0.4, 0.5) is 0 Å². The highest BCUT2D eigenvalue weighted by Gasteiger charge is 2.42. The molecule has 25 heavy (non-hydrogen) atoms. The number of rotatable bonds is 2. The molecule has 3 rings (SSSR count). The van der Waals surface area contributed by atoms with Crippen LogP contribution < -0.4 is 10.1 Å². The third-order valence-corrected chi connectivity index (χ3v) is 5.71. The molecule has 1 atom stereocenters. The average molecular weight is 366 g/mol. The second kappa shape index (κ2) is 7.22. The monoisotopic (exact) mass is 365 g/mol. The molecule has 1 aromatic carbocycles. The predicted octanol–water partition coefficient (Wildman–Crippen LogP) is 1.78. The van der Waals surface area contributed by atoms with E-state index in [2.05, 4.69) is 17.3 Å². The van der Waals surface area contributed by atoms with Gasteiger partial charge in [0.15, 0.2) is 0 Å². The number of carbonyl (C=O) groups is 2. The van der Waals surface area contributed by atoms with Crippen LogP contribution in [0.5, 0.6) is 5.75 Å². The molecule has 1 spiro atoms. The van der Waals surface area contributed by atoms with Crippen molar-refractivity contribution in [2.45, 2.75) is 24.8 Å². The number of nitrogens with zero attached hydrogens (tertiary/aromatic N) is 2. The molecule has 1 unspecified atom stereocenters. The lowest BCUT2D eigenvalue weighted by atomic mass is 9.86. The molecular weight excluding hydrogens is 342 g/mol. The zero-order valence-electron chi connectivity index (χ0n) is 14.7. The van der Waals surface area contributed by atoms with Crippen LogP contribution in [0.1, 0.15) is 29.6 Å². The number of benzene rings is 1. The highest BCUT2D eigenvalue weighted by Crippen LogP contribution is 2.32. The summed E-state index contributed by atoms with van der Waals surface area (Å²) in [6.45, 7) is 2.74. The summed E-state index contributed by atoms with van der Waals surface area (Å²) in [5, 5.41) is 3.36. The Labute approximate surface area is 153 Å². The maximum atomic E-state index is 13.0. The molecule has 2 aliphatic rings. The number of amides is 2. The third-order valence-electron chi connectivity index (χ3n) is 5.42. The Hall–Kier alpha value is -1.79. The number of nitrogens with one attached hydrogen (secondary N) is 1. The minimum Gasteiger partial charge on any atom is -0.495 e. The smallest absolute Gasteiger partial charge is 0.254 e. The normalized spacial score (nSPS) is 24.8. The van der Waals surface area contributed by atoms with Crippen molar-refractivity contribution in [3.63, 3.8) is 0 Å². The summed E-state index contributed by atoms with van der Waals surface area (Å²) in [6.07, 6.45) is 2.12. The number of carbonyl (C=O) groups excluding carboxylic acids is 2. The van der Waals surface area contributed by atoms with Gasteiger partial charge in [0.2, 0.25) is 5.91 Å². The predicted molar refractivity (Wildman–Crippen MR) is 96.1 cm³/mol. The van der Waals surface area contributed by atoms with Crippen LogP contribution in [-0.4, -0.2) is 67.5 Å². The van der Waals surface area contributed by atoms with Gasteiger partial charge < -0.3 is 15.0 Å². The lowest BCUT2D eigenvalue weighted by Crippen LogP contribution is -2.62. The van der Waals surface area contributed by atoms with Crippen LogP contribution in [-0.2, 0) is 4.79 Å². The Balaban J connectivity index is 1.79. The average Bonchev–Trinajstić information content (AvgIpc) is 2.79. The topological polar surface area (TPSA) is 61.9 Å². The van der Waals surface area contributed by atoms with Crippen molar-refractivity contribution in [3.8, 4) is 5.75 Å². The van der Waals surface area contributed by atoms with Gasteiger partial charge in [-0.1, -0.05) is 11.6 Å². The van der Waals surface area contributed by atoms with E-state index in [0.717, 1.165) is 19.4 Å². The summed E-state index contributed by atoms with van der Waals surface area (Å²) in [6, 6.07) is 5.12. The minimum atomic E-state index is -0.149. The van der Waals surface area contributed by atoms with Crippen LogP contribution in [0.3, 0.4) is 0 Å². The molecule has 0 saturated carbocycles. The van der Waals surface area contributed by atoms with Crippen LogP contribution in [0, 0.1) is 0 Å². The first-order valence-corrected chi connectivity index (χ1v) is 8.94. The maximum absolute atomic E-state index is 13.0. The van der Waals surface area contributed by atoms with E-state index in [0.29, 0.717) is 42.4 Å². The number of piperazine rings is 1. The maximum Gasteiger partial charge on any atom is 0.254 e. The van der Waals surface area contributed by atoms with Gasteiger partial charge in [0.05, 0.1) is 12.1 Å². The van der Waals surface area contributed by atoms with Crippen molar-refractivity contribution in [1.82, 2.24) is 15.1 Å². The molecule has 2 fully saturated rings. The van der Waals surface area contributed by atoms with Crippen LogP contribution in [0.15, 0.2) is 18.2 Å². The fraction of sp³-hybridized carbons (Fsp3) is 0.556. The van der Waals surface area contributed by atoms with E-state index in [-0.39, 0.29) is 17.4 Å². The van der Waals surface area contributed by atoms with Gasteiger partial charge in [0.25, 0.3) is 5.91 Å². The van der Waals surface area contributed by atoms with Crippen molar-refractivity contribution in [2.75, 3.05) is 40.3 Å². The lowest BCUT2D eigenvalue weighted by molar-refractivity contribution is -0.121. The van der Waals surface area contributed by atoms with Gasteiger partial charge in [-0.3, -0.25) is 14.5 Å². The number of likely N-dealkylation sites (N-methyl/N-ethyl adjacent to an activating group) is 1. The minimum absolute atomic E-state index is 0.0273. The fourth-order valence-electron chi connectivity index (χ4n) is 3.75. The summed E-state index contributed by atoms with van der Waals surface area (Å²) in [5.41, 5.74) is 0.414. The molecule has 7 heteroatoms. The zero-order chi connectivity index (χ0) is 18.0. The molecule has 0 aliphatic carbocycles. The molecule has 2 heterocycles. The molecule has 2 aliphatic heterocycles. The molecule has 2 amide bonds. The van der Waals surface area contributed by atoms with Crippen LogP contribution in [0.25, 0.3) is 0 Å². The van der Waals surface area contributed by atoms with Gasteiger partial charge in [-0.25, -0.2) is 0 Å². The number of hydrogen-bond donors (Lipinski definition) is 1. The molecule has 136 valence electrons. The Kier molecular flexibility index (Phi) is 5.20. The fourth-order valence-corrected chi connectivity index (χ4v) is 4.01. The number of methoxy groups -OCH3 is 1. The zero-order valence-corrected chi connectivity index (χ0v) is 15.4. The molecule has 0 aromatic heterocycles. The van der Waals surface area contributed by atoms with Crippen molar-refractivity contribution >= 4 is 23.4 Å². The highest BCUT2D eigenvalue weighted by atomic mass is 35.5. The molecule has 1 aromatic rings. The van der Waals surface area contributed by atoms with Gasteiger partial charge in [0.1, 0.15) is 5.75 Å². The van der Waals surface area contributed by atoms with Crippen LogP contribution in [0.2, 0.25) is 5.02 Å². The van der Waals surface area contributed by atoms with Crippen molar-refractivity contribution < 1.29 is 14.3 Å². The van der Waals surface area contributed by atoms with E-state index in [1.807, 2.05) is 4.90 Å². The molecule has 0 radical (unpaired) electrons. The highest BCUT2D eigenvalue weighted by molar-refractivity contribution is 6.32. The molecule has 1 N–H and O–H groups in total. The quantitative estimate of drug-likeness (QED) is 0.867. The number of halogens is 1. The number of ether oxygens (including phenoxy) is 1. The SMILES string of the molecule is COc1ccc(C(=O)N2CCN(C)C3(CCNC(=O)CC3)C2)cc1Cl. The number of hydrogen-bond acceptors (Lipinski definition) is 4. The Morgan fingerprint density at radius 2 is 2.12 bits per heavy atom. The largest absolute Gasteiger partial charge is 0.495 e. The Morgan fingerprint density at radius 1 is 1.32 bits per heavy atom. The van der Waals surface area contributed by atoms with Crippen molar-refractivity contribution in [3.05, 3.63) is 28.8 Å². The van der Waals surface area contributed by atoms with E-state index >= 15 is 0 Å². The second-order valence-corrected chi connectivity index (χ2v) is 7.23. The summed E-state index contributed by atoms with van der Waals surface area (Å²) in [4.78, 5) is 28.9. The standard InChI is InChI=1S/C18H24ClN3O3/c1-21-9-10-22(12-18(21)6-5-16(23)20-8-7-18)17(24)13-3-4-15(25-2)14(19)11-13/h3-4,11H,5-10,12H2,1-2H3,(H,20,23). The van der Waals surface area contributed by atoms with E-state index in [1.165, 1.54) is 0 Å². The second-order valence-electron chi connectivity index (χ2n) is 6.82. The first-order chi connectivity index (χ1) is 11.9. The first-order valence-electron chi connectivity index (χ1n) is 8.56. The summed E-state index contributed by atoms with van der Waals surface area (Å²) < 4.78 is 5.15. The molecule has 6 nitrogen and oxygen atoms in total. The van der Waals surface area contributed by atoms with E-state index < -0.39 is 0 Å². The summed E-state index contributed by atoms with van der Waals surface area (Å²) in [7, 11) is 3.64. The summed E-state index contributed by atoms with van der Waals surface area (Å²) >= 11 is 6.17. The first kappa shape index (κ1) is 18.0.